The molecule has 0 radical (unpaired) electrons. The highest BCUT2D eigenvalue weighted by molar-refractivity contribution is 5.73. The van der Waals surface area contributed by atoms with Crippen molar-refractivity contribution >= 4 is 5.97 Å². The van der Waals surface area contributed by atoms with Crippen LogP contribution in [0.1, 0.15) is 57.6 Å². The maximum Gasteiger partial charge on any atom is 0.309 e. The van der Waals surface area contributed by atoms with Crippen molar-refractivity contribution in [1.82, 2.24) is 0 Å². The van der Waals surface area contributed by atoms with Gasteiger partial charge >= 0.3 is 5.97 Å². The van der Waals surface area contributed by atoms with E-state index in [0.717, 1.165) is 17.7 Å². The second kappa shape index (κ2) is 6.78. The Balaban J connectivity index is 2.54. The molecule has 1 aromatic carbocycles. The van der Waals surface area contributed by atoms with Gasteiger partial charge in [-0.05, 0) is 56.7 Å². The van der Waals surface area contributed by atoms with Crippen molar-refractivity contribution < 1.29 is 14.6 Å². The standard InChI is InChI=1S/C17H26O3/c1-12(2)14-8-7-13(3)15(11-14)20-10-6-9-17(4,5)16(18)19/h7-8,11-12H,6,9-10H2,1-5H3,(H,18,19). The molecule has 1 N–H and O–H groups in total. The number of ether oxygens (including phenoxy) is 1. The van der Waals surface area contributed by atoms with Gasteiger partial charge < -0.3 is 9.84 Å². The van der Waals surface area contributed by atoms with E-state index in [4.69, 9.17) is 9.84 Å². The molecular weight excluding hydrogens is 252 g/mol. The number of hydrogen-bond donors (Lipinski definition) is 1. The third-order valence-corrected chi connectivity index (χ3v) is 3.66. The zero-order valence-corrected chi connectivity index (χ0v) is 13.2. The number of aryl methyl sites for hydroxylation is 1. The normalized spacial score (nSPS) is 11.7. The summed E-state index contributed by atoms with van der Waals surface area (Å²) >= 11 is 0. The Morgan fingerprint density at radius 3 is 2.55 bits per heavy atom. The van der Waals surface area contributed by atoms with Crippen molar-refractivity contribution in [3.8, 4) is 5.75 Å². The topological polar surface area (TPSA) is 46.5 Å². The van der Waals surface area contributed by atoms with Crippen LogP contribution in [0.4, 0.5) is 0 Å². The Hall–Kier alpha value is -1.51. The van der Waals surface area contributed by atoms with Crippen molar-refractivity contribution in [1.29, 1.82) is 0 Å². The summed E-state index contributed by atoms with van der Waals surface area (Å²) in [6.45, 7) is 10.4. The maximum atomic E-state index is 11.0. The lowest BCUT2D eigenvalue weighted by atomic mass is 9.88. The van der Waals surface area contributed by atoms with Gasteiger partial charge in [-0.2, -0.15) is 0 Å². The Labute approximate surface area is 122 Å². The molecule has 0 fully saturated rings. The Bertz CT molecular complexity index is 461. The number of aliphatic carboxylic acids is 1. The van der Waals surface area contributed by atoms with Crippen LogP contribution in [0.3, 0.4) is 0 Å². The number of hydrogen-bond acceptors (Lipinski definition) is 2. The van der Waals surface area contributed by atoms with Crippen molar-refractivity contribution in [3.05, 3.63) is 29.3 Å². The van der Waals surface area contributed by atoms with Crippen LogP contribution < -0.4 is 4.74 Å². The first-order valence-corrected chi connectivity index (χ1v) is 7.21. The SMILES string of the molecule is Cc1ccc(C(C)C)cc1OCCCC(C)(C)C(=O)O. The molecule has 0 aromatic heterocycles. The summed E-state index contributed by atoms with van der Waals surface area (Å²) in [5, 5.41) is 9.06. The molecule has 3 heteroatoms. The molecule has 0 unspecified atom stereocenters. The van der Waals surface area contributed by atoms with Gasteiger partial charge in [-0.3, -0.25) is 4.79 Å². The lowest BCUT2D eigenvalue weighted by Gasteiger charge is -2.19. The summed E-state index contributed by atoms with van der Waals surface area (Å²) in [4.78, 5) is 11.0. The van der Waals surface area contributed by atoms with Gasteiger partial charge in [0.2, 0.25) is 0 Å². The van der Waals surface area contributed by atoms with Crippen LogP contribution in [-0.4, -0.2) is 17.7 Å². The second-order valence-electron chi connectivity index (χ2n) is 6.32. The minimum absolute atomic E-state index is 0.476. The molecule has 0 bridgehead atoms. The zero-order valence-electron chi connectivity index (χ0n) is 13.2. The molecule has 0 amide bonds. The van der Waals surface area contributed by atoms with E-state index in [0.29, 0.717) is 18.9 Å². The van der Waals surface area contributed by atoms with Crippen molar-refractivity contribution in [2.75, 3.05) is 6.61 Å². The van der Waals surface area contributed by atoms with Crippen molar-refractivity contribution in [2.24, 2.45) is 5.41 Å². The molecule has 0 atom stereocenters. The molecular formula is C17H26O3. The van der Waals surface area contributed by atoms with E-state index in [1.54, 1.807) is 13.8 Å². The van der Waals surface area contributed by atoms with E-state index >= 15 is 0 Å². The highest BCUT2D eigenvalue weighted by Crippen LogP contribution is 2.26. The fraction of sp³-hybridized carbons (Fsp3) is 0.588. The highest BCUT2D eigenvalue weighted by atomic mass is 16.5. The summed E-state index contributed by atoms with van der Waals surface area (Å²) in [7, 11) is 0. The Morgan fingerprint density at radius 2 is 2.00 bits per heavy atom. The van der Waals surface area contributed by atoms with Gasteiger partial charge in [0.05, 0.1) is 12.0 Å². The van der Waals surface area contributed by atoms with Crippen LogP contribution in [0.15, 0.2) is 18.2 Å². The number of rotatable bonds is 7. The smallest absolute Gasteiger partial charge is 0.309 e. The van der Waals surface area contributed by atoms with E-state index < -0.39 is 11.4 Å². The van der Waals surface area contributed by atoms with Crippen LogP contribution in [0.2, 0.25) is 0 Å². The quantitative estimate of drug-likeness (QED) is 0.752. The lowest BCUT2D eigenvalue weighted by molar-refractivity contribution is -0.147. The molecule has 112 valence electrons. The minimum Gasteiger partial charge on any atom is -0.493 e. The van der Waals surface area contributed by atoms with Crippen LogP contribution in [0.5, 0.6) is 5.75 Å². The van der Waals surface area contributed by atoms with E-state index in [-0.39, 0.29) is 0 Å². The fourth-order valence-corrected chi connectivity index (χ4v) is 1.93. The van der Waals surface area contributed by atoms with Crippen molar-refractivity contribution in [3.63, 3.8) is 0 Å². The maximum absolute atomic E-state index is 11.0. The predicted octanol–water partition coefficient (Wildman–Crippen LogP) is 4.39. The van der Waals surface area contributed by atoms with Gasteiger partial charge in [0.15, 0.2) is 0 Å². The average molecular weight is 278 g/mol. The average Bonchev–Trinajstić information content (AvgIpc) is 2.36. The molecule has 0 spiro atoms. The van der Waals surface area contributed by atoms with Gasteiger partial charge in [0.25, 0.3) is 0 Å². The molecule has 1 aromatic rings. The summed E-state index contributed by atoms with van der Waals surface area (Å²) in [5.41, 5.74) is 1.70. The molecule has 1 rings (SSSR count). The van der Waals surface area contributed by atoms with Gasteiger partial charge in [-0.25, -0.2) is 0 Å². The van der Waals surface area contributed by atoms with E-state index in [1.165, 1.54) is 5.56 Å². The summed E-state index contributed by atoms with van der Waals surface area (Å²) in [5.74, 6) is 0.628. The molecule has 0 aliphatic rings. The van der Waals surface area contributed by atoms with Gasteiger partial charge in [0.1, 0.15) is 5.75 Å². The highest BCUT2D eigenvalue weighted by Gasteiger charge is 2.26. The third-order valence-electron chi connectivity index (χ3n) is 3.66. The van der Waals surface area contributed by atoms with Crippen molar-refractivity contribution in [2.45, 2.75) is 53.4 Å². The van der Waals surface area contributed by atoms with Crippen LogP contribution in [0.25, 0.3) is 0 Å². The Morgan fingerprint density at radius 1 is 1.35 bits per heavy atom. The predicted molar refractivity (Wildman–Crippen MR) is 81.4 cm³/mol. The largest absolute Gasteiger partial charge is 0.493 e. The zero-order chi connectivity index (χ0) is 15.3. The van der Waals surface area contributed by atoms with Gasteiger partial charge in [-0.15, -0.1) is 0 Å². The van der Waals surface area contributed by atoms with Gasteiger partial charge in [-0.1, -0.05) is 26.0 Å². The molecule has 0 aliphatic heterocycles. The number of carboxylic acids is 1. The first kappa shape index (κ1) is 16.5. The number of benzene rings is 1. The van der Waals surface area contributed by atoms with Crippen LogP contribution in [0, 0.1) is 12.3 Å². The third kappa shape index (κ3) is 4.55. The van der Waals surface area contributed by atoms with E-state index in [9.17, 15) is 4.79 Å². The number of carboxylic acid groups (broad SMARTS) is 1. The monoisotopic (exact) mass is 278 g/mol. The van der Waals surface area contributed by atoms with Gasteiger partial charge in [0, 0.05) is 0 Å². The van der Waals surface area contributed by atoms with Crippen LogP contribution >= 0.6 is 0 Å². The molecule has 0 heterocycles. The summed E-state index contributed by atoms with van der Waals surface area (Å²) in [6.07, 6.45) is 1.36. The fourth-order valence-electron chi connectivity index (χ4n) is 1.93. The molecule has 0 saturated heterocycles. The molecule has 0 saturated carbocycles. The second-order valence-corrected chi connectivity index (χ2v) is 6.32. The van der Waals surface area contributed by atoms with Crippen LogP contribution in [-0.2, 0) is 4.79 Å². The number of carbonyl (C=O) groups is 1. The molecule has 3 nitrogen and oxygen atoms in total. The lowest BCUT2D eigenvalue weighted by Crippen LogP contribution is -2.24. The molecule has 20 heavy (non-hydrogen) atoms. The van der Waals surface area contributed by atoms with E-state index in [2.05, 4.69) is 32.0 Å². The Kier molecular flexibility index (Phi) is 5.61. The summed E-state index contributed by atoms with van der Waals surface area (Å²) < 4.78 is 5.81. The van der Waals surface area contributed by atoms with E-state index in [1.807, 2.05) is 6.92 Å². The molecule has 0 aliphatic carbocycles. The first-order valence-electron chi connectivity index (χ1n) is 7.21. The minimum atomic E-state index is -0.754. The summed E-state index contributed by atoms with van der Waals surface area (Å²) in [6, 6.07) is 6.29. The first-order chi connectivity index (χ1) is 9.24.